The van der Waals surface area contributed by atoms with Crippen LogP contribution in [0.25, 0.3) is 11.1 Å². The average Bonchev–Trinajstić information content (AvgIpc) is 2.41. The van der Waals surface area contributed by atoms with Crippen LogP contribution in [-0.4, -0.2) is 6.54 Å². The number of hydrogen-bond acceptors (Lipinski definition) is 1. The molecular formula is C17H20FN. The van der Waals surface area contributed by atoms with Crippen molar-refractivity contribution in [2.45, 2.75) is 26.8 Å². The van der Waals surface area contributed by atoms with E-state index in [4.69, 9.17) is 0 Å². The molecule has 0 aliphatic carbocycles. The highest BCUT2D eigenvalue weighted by Gasteiger charge is 2.06. The average molecular weight is 257 g/mol. The van der Waals surface area contributed by atoms with Crippen LogP contribution >= 0.6 is 0 Å². The van der Waals surface area contributed by atoms with Crippen molar-refractivity contribution in [1.29, 1.82) is 0 Å². The smallest absolute Gasteiger partial charge is 0.128 e. The zero-order chi connectivity index (χ0) is 13.7. The first kappa shape index (κ1) is 13.8. The number of rotatable bonds is 5. The molecule has 0 amide bonds. The molecule has 0 aliphatic heterocycles. The Morgan fingerprint density at radius 2 is 1.89 bits per heavy atom. The van der Waals surface area contributed by atoms with E-state index in [9.17, 15) is 4.39 Å². The molecule has 2 aromatic rings. The zero-order valence-corrected chi connectivity index (χ0v) is 11.5. The predicted octanol–water partition coefficient (Wildman–Crippen LogP) is 4.30. The van der Waals surface area contributed by atoms with E-state index in [1.807, 2.05) is 43.3 Å². The minimum absolute atomic E-state index is 0.135. The lowest BCUT2D eigenvalue weighted by Gasteiger charge is -2.09. The zero-order valence-electron chi connectivity index (χ0n) is 11.5. The van der Waals surface area contributed by atoms with Crippen molar-refractivity contribution in [2.24, 2.45) is 0 Å². The normalized spacial score (nSPS) is 10.7. The van der Waals surface area contributed by atoms with Crippen molar-refractivity contribution in [1.82, 2.24) is 5.32 Å². The van der Waals surface area contributed by atoms with Crippen molar-refractivity contribution in [3.05, 3.63) is 59.4 Å². The highest BCUT2D eigenvalue weighted by molar-refractivity contribution is 5.67. The van der Waals surface area contributed by atoms with Crippen LogP contribution in [0, 0.1) is 12.7 Å². The van der Waals surface area contributed by atoms with E-state index in [0.717, 1.165) is 29.7 Å². The SMILES string of the molecule is CCCNCc1ccc(-c2ccccc2C)cc1F. The summed E-state index contributed by atoms with van der Waals surface area (Å²) in [5.41, 5.74) is 3.92. The van der Waals surface area contributed by atoms with Gasteiger partial charge in [0, 0.05) is 12.1 Å². The molecule has 0 radical (unpaired) electrons. The Hall–Kier alpha value is -1.67. The lowest BCUT2D eigenvalue weighted by Crippen LogP contribution is -2.14. The Labute approximate surface area is 114 Å². The van der Waals surface area contributed by atoms with E-state index < -0.39 is 0 Å². The summed E-state index contributed by atoms with van der Waals surface area (Å²) < 4.78 is 14.1. The van der Waals surface area contributed by atoms with Gasteiger partial charge in [-0.05, 0) is 42.6 Å². The fourth-order valence-corrected chi connectivity index (χ4v) is 2.15. The van der Waals surface area contributed by atoms with Gasteiger partial charge in [0.05, 0.1) is 0 Å². The summed E-state index contributed by atoms with van der Waals surface area (Å²) in [6.07, 6.45) is 1.06. The summed E-state index contributed by atoms with van der Waals surface area (Å²) in [6, 6.07) is 13.6. The van der Waals surface area contributed by atoms with Crippen LogP contribution in [0.2, 0.25) is 0 Å². The third kappa shape index (κ3) is 3.42. The van der Waals surface area contributed by atoms with Gasteiger partial charge in [0.1, 0.15) is 5.82 Å². The molecule has 19 heavy (non-hydrogen) atoms. The van der Waals surface area contributed by atoms with Gasteiger partial charge < -0.3 is 5.32 Å². The topological polar surface area (TPSA) is 12.0 Å². The first-order valence-electron chi connectivity index (χ1n) is 6.77. The molecule has 0 aliphatic rings. The van der Waals surface area contributed by atoms with E-state index in [0.29, 0.717) is 6.54 Å². The molecule has 2 rings (SSSR count). The molecule has 0 heterocycles. The largest absolute Gasteiger partial charge is 0.313 e. The first-order valence-corrected chi connectivity index (χ1v) is 6.77. The monoisotopic (exact) mass is 257 g/mol. The molecule has 1 N–H and O–H groups in total. The van der Waals surface area contributed by atoms with Gasteiger partial charge in [-0.3, -0.25) is 0 Å². The first-order chi connectivity index (χ1) is 9.22. The van der Waals surface area contributed by atoms with Crippen molar-refractivity contribution < 1.29 is 4.39 Å². The minimum atomic E-state index is -0.135. The summed E-state index contributed by atoms with van der Waals surface area (Å²) in [6.45, 7) is 5.65. The predicted molar refractivity (Wildman–Crippen MR) is 78.6 cm³/mol. The third-order valence-corrected chi connectivity index (χ3v) is 3.25. The molecule has 0 saturated heterocycles. The van der Waals surface area contributed by atoms with Gasteiger partial charge in [0.15, 0.2) is 0 Å². The Balaban J connectivity index is 2.21. The second-order valence-electron chi connectivity index (χ2n) is 4.80. The summed E-state index contributed by atoms with van der Waals surface area (Å²) in [5, 5.41) is 3.22. The van der Waals surface area contributed by atoms with E-state index in [2.05, 4.69) is 12.2 Å². The summed E-state index contributed by atoms with van der Waals surface area (Å²) in [7, 11) is 0. The van der Waals surface area contributed by atoms with Crippen molar-refractivity contribution in [2.75, 3.05) is 6.54 Å². The van der Waals surface area contributed by atoms with Crippen LogP contribution in [-0.2, 0) is 6.54 Å². The quantitative estimate of drug-likeness (QED) is 0.787. The molecule has 0 bridgehead atoms. The molecular weight excluding hydrogens is 237 g/mol. The molecule has 0 aromatic heterocycles. The van der Waals surface area contributed by atoms with Gasteiger partial charge in [-0.15, -0.1) is 0 Å². The van der Waals surface area contributed by atoms with Gasteiger partial charge >= 0.3 is 0 Å². The number of hydrogen-bond donors (Lipinski definition) is 1. The van der Waals surface area contributed by atoms with Crippen LogP contribution < -0.4 is 5.32 Å². The van der Waals surface area contributed by atoms with Gasteiger partial charge in [-0.1, -0.05) is 43.3 Å². The van der Waals surface area contributed by atoms with E-state index in [1.165, 1.54) is 5.56 Å². The maximum atomic E-state index is 14.1. The maximum absolute atomic E-state index is 14.1. The maximum Gasteiger partial charge on any atom is 0.128 e. The molecule has 0 spiro atoms. The van der Waals surface area contributed by atoms with Crippen LogP contribution in [0.5, 0.6) is 0 Å². The van der Waals surface area contributed by atoms with E-state index >= 15 is 0 Å². The second-order valence-corrected chi connectivity index (χ2v) is 4.80. The molecule has 0 fully saturated rings. The Kier molecular flexibility index (Phi) is 4.69. The Morgan fingerprint density at radius 3 is 2.58 bits per heavy atom. The van der Waals surface area contributed by atoms with Crippen molar-refractivity contribution >= 4 is 0 Å². The number of halogens is 1. The Bertz CT molecular complexity index is 549. The summed E-state index contributed by atoms with van der Waals surface area (Å²) in [4.78, 5) is 0. The minimum Gasteiger partial charge on any atom is -0.313 e. The van der Waals surface area contributed by atoms with Gasteiger partial charge in [-0.25, -0.2) is 4.39 Å². The second kappa shape index (κ2) is 6.48. The van der Waals surface area contributed by atoms with Crippen LogP contribution in [0.3, 0.4) is 0 Å². The molecule has 0 saturated carbocycles. The number of nitrogens with one attached hydrogen (secondary N) is 1. The van der Waals surface area contributed by atoms with Crippen LogP contribution in [0.1, 0.15) is 24.5 Å². The Morgan fingerprint density at radius 1 is 1.11 bits per heavy atom. The van der Waals surface area contributed by atoms with E-state index in [-0.39, 0.29) is 5.82 Å². The molecule has 2 aromatic carbocycles. The van der Waals surface area contributed by atoms with Crippen LogP contribution in [0.4, 0.5) is 4.39 Å². The van der Waals surface area contributed by atoms with Gasteiger partial charge in [0.25, 0.3) is 0 Å². The van der Waals surface area contributed by atoms with Gasteiger partial charge in [0.2, 0.25) is 0 Å². The third-order valence-electron chi connectivity index (χ3n) is 3.25. The number of benzene rings is 2. The molecule has 1 nitrogen and oxygen atoms in total. The molecule has 100 valence electrons. The van der Waals surface area contributed by atoms with Crippen molar-refractivity contribution in [3.63, 3.8) is 0 Å². The fraction of sp³-hybridized carbons (Fsp3) is 0.294. The lowest BCUT2D eigenvalue weighted by molar-refractivity contribution is 0.587. The molecule has 2 heteroatoms. The summed E-state index contributed by atoms with van der Waals surface area (Å²) >= 11 is 0. The molecule has 0 unspecified atom stereocenters. The lowest BCUT2D eigenvalue weighted by atomic mass is 9.99. The standard InChI is InChI=1S/C17H20FN/c1-3-10-19-12-15-9-8-14(11-17(15)18)16-7-5-4-6-13(16)2/h4-9,11,19H,3,10,12H2,1-2H3. The fourth-order valence-electron chi connectivity index (χ4n) is 2.15. The van der Waals surface area contributed by atoms with Crippen LogP contribution in [0.15, 0.2) is 42.5 Å². The highest BCUT2D eigenvalue weighted by Crippen LogP contribution is 2.24. The highest BCUT2D eigenvalue weighted by atomic mass is 19.1. The molecule has 0 atom stereocenters. The van der Waals surface area contributed by atoms with E-state index in [1.54, 1.807) is 6.07 Å². The van der Waals surface area contributed by atoms with Crippen molar-refractivity contribution in [3.8, 4) is 11.1 Å². The summed E-state index contributed by atoms with van der Waals surface area (Å²) in [5.74, 6) is -0.135. The number of aryl methyl sites for hydroxylation is 1. The van der Waals surface area contributed by atoms with Gasteiger partial charge in [-0.2, -0.15) is 0 Å².